The van der Waals surface area contributed by atoms with Gasteiger partial charge in [-0.1, -0.05) is 0 Å². The van der Waals surface area contributed by atoms with Crippen molar-refractivity contribution < 1.29 is 19.3 Å². The van der Waals surface area contributed by atoms with Crippen molar-refractivity contribution in [2.75, 3.05) is 5.75 Å². The van der Waals surface area contributed by atoms with E-state index in [2.05, 4.69) is 27.6 Å². The molecular formula is C13H16N4O4S. The van der Waals surface area contributed by atoms with E-state index < -0.39 is 12.0 Å². The van der Waals surface area contributed by atoms with Gasteiger partial charge in [-0.25, -0.2) is 9.97 Å². The van der Waals surface area contributed by atoms with Gasteiger partial charge in [0, 0.05) is 5.75 Å². The summed E-state index contributed by atoms with van der Waals surface area (Å²) in [6.45, 7) is 3.75. The van der Waals surface area contributed by atoms with E-state index in [1.54, 1.807) is 10.9 Å². The van der Waals surface area contributed by atoms with Crippen LogP contribution in [0.25, 0.3) is 11.2 Å². The van der Waals surface area contributed by atoms with Crippen LogP contribution in [0.3, 0.4) is 0 Å². The minimum Gasteiger partial charge on any atom is -0.492 e. The molecule has 0 unspecified atom stereocenters. The maximum atomic E-state index is 9.76. The number of nitrogens with zero attached hydrogens (tertiary/aromatic N) is 4. The van der Waals surface area contributed by atoms with Gasteiger partial charge >= 0.3 is 0 Å². The summed E-state index contributed by atoms with van der Waals surface area (Å²) in [7, 11) is 0. The summed E-state index contributed by atoms with van der Waals surface area (Å²) in [4.78, 5) is 12.1. The largest absolute Gasteiger partial charge is 0.492 e. The molecule has 22 heavy (non-hydrogen) atoms. The van der Waals surface area contributed by atoms with E-state index in [4.69, 9.17) is 14.2 Å². The molecule has 2 aliphatic rings. The summed E-state index contributed by atoms with van der Waals surface area (Å²) in [6, 6.07) is 0. The lowest BCUT2D eigenvalue weighted by atomic mass is 10.1. The van der Waals surface area contributed by atoms with E-state index in [0.717, 1.165) is 0 Å². The lowest BCUT2D eigenvalue weighted by Crippen LogP contribution is -2.30. The van der Waals surface area contributed by atoms with Gasteiger partial charge in [-0.3, -0.25) is 4.57 Å². The zero-order valence-electron chi connectivity index (χ0n) is 12.1. The fraction of sp³-hybridized carbons (Fsp3) is 0.615. The van der Waals surface area contributed by atoms with Crippen LogP contribution < -0.4 is 0 Å². The summed E-state index contributed by atoms with van der Waals surface area (Å²) in [6.07, 6.45) is 1.73. The van der Waals surface area contributed by atoms with Crippen molar-refractivity contribution in [2.45, 2.75) is 44.2 Å². The Bertz CT molecular complexity index is 721. The molecule has 1 N–H and O–H groups in total. The molecule has 0 amide bonds. The molecule has 2 aliphatic heterocycles. The topological polar surface area (TPSA) is 91.5 Å². The van der Waals surface area contributed by atoms with Gasteiger partial charge in [0.25, 0.3) is 0 Å². The second-order valence-electron chi connectivity index (χ2n) is 5.83. The quantitative estimate of drug-likeness (QED) is 0.792. The van der Waals surface area contributed by atoms with Gasteiger partial charge in [-0.15, -0.1) is 0 Å². The Morgan fingerprint density at radius 1 is 1.27 bits per heavy atom. The first kappa shape index (κ1) is 14.2. The summed E-state index contributed by atoms with van der Waals surface area (Å²) in [5.74, 6) is -0.316. The maximum absolute atomic E-state index is 9.76. The van der Waals surface area contributed by atoms with Crippen LogP contribution in [0.4, 0.5) is 0 Å². The van der Waals surface area contributed by atoms with Gasteiger partial charge in [0.2, 0.25) is 5.88 Å². The molecule has 118 valence electrons. The molecule has 4 atom stereocenters. The predicted octanol–water partition coefficient (Wildman–Crippen LogP) is 0.879. The molecule has 0 aromatic carbocycles. The summed E-state index contributed by atoms with van der Waals surface area (Å²) in [5, 5.41) is 9.76. The van der Waals surface area contributed by atoms with Crippen molar-refractivity contribution in [1.29, 1.82) is 0 Å². The molecule has 0 radical (unpaired) electrons. The fourth-order valence-corrected chi connectivity index (χ4v) is 3.35. The van der Waals surface area contributed by atoms with Crippen molar-refractivity contribution in [2.24, 2.45) is 0 Å². The molecule has 4 heterocycles. The van der Waals surface area contributed by atoms with Crippen molar-refractivity contribution in [3.8, 4) is 5.88 Å². The van der Waals surface area contributed by atoms with Gasteiger partial charge in [-0.2, -0.15) is 17.6 Å². The number of ether oxygens (including phenoxy) is 3. The van der Waals surface area contributed by atoms with E-state index in [1.807, 2.05) is 13.8 Å². The van der Waals surface area contributed by atoms with Crippen molar-refractivity contribution in [3.05, 3.63) is 12.7 Å². The lowest BCUT2D eigenvalue weighted by Gasteiger charge is -2.24. The number of thiol groups is 1. The van der Waals surface area contributed by atoms with E-state index in [9.17, 15) is 5.11 Å². The van der Waals surface area contributed by atoms with Crippen molar-refractivity contribution in [3.63, 3.8) is 0 Å². The lowest BCUT2D eigenvalue weighted by molar-refractivity contribution is -0.193. The number of rotatable bonds is 2. The second-order valence-corrected chi connectivity index (χ2v) is 6.20. The third kappa shape index (κ3) is 2.00. The standard InChI is InChI=1S/C13H16N4O4S/c1-13(2)20-8-6(3-22)19-12(9(8)21-13)17-5-16-7-10(17)14-4-15-11(7)18/h4-6,8-9,12,22H,3H2,1-2H3,(H,14,15,18)/t6-,8-,9-,12-/m1/s1. The van der Waals surface area contributed by atoms with Gasteiger partial charge in [0.15, 0.2) is 23.2 Å². The Labute approximate surface area is 131 Å². The molecular weight excluding hydrogens is 308 g/mol. The molecule has 2 aromatic rings. The molecule has 4 rings (SSSR count). The fourth-order valence-electron chi connectivity index (χ4n) is 3.06. The Hall–Kier alpha value is -1.42. The normalized spacial score (nSPS) is 33.4. The molecule has 8 nitrogen and oxygen atoms in total. The van der Waals surface area contributed by atoms with Crippen LogP contribution in [0.5, 0.6) is 5.88 Å². The molecule has 2 saturated heterocycles. The number of aromatic nitrogens is 4. The van der Waals surface area contributed by atoms with Gasteiger partial charge < -0.3 is 19.3 Å². The van der Waals surface area contributed by atoms with Crippen molar-refractivity contribution in [1.82, 2.24) is 19.5 Å². The Morgan fingerprint density at radius 2 is 2.05 bits per heavy atom. The Balaban J connectivity index is 1.77. The van der Waals surface area contributed by atoms with E-state index in [1.165, 1.54) is 6.33 Å². The minimum atomic E-state index is -0.675. The van der Waals surface area contributed by atoms with Crippen LogP contribution in [0, 0.1) is 0 Å². The monoisotopic (exact) mass is 324 g/mol. The Morgan fingerprint density at radius 3 is 2.82 bits per heavy atom. The smallest absolute Gasteiger partial charge is 0.242 e. The van der Waals surface area contributed by atoms with Crippen LogP contribution in [-0.4, -0.2) is 54.5 Å². The van der Waals surface area contributed by atoms with Crippen LogP contribution in [0.1, 0.15) is 20.1 Å². The highest BCUT2D eigenvalue weighted by molar-refractivity contribution is 7.80. The number of fused-ring (bicyclic) bond motifs is 2. The summed E-state index contributed by atoms with van der Waals surface area (Å²) < 4.78 is 19.7. The molecule has 9 heteroatoms. The zero-order chi connectivity index (χ0) is 15.5. The zero-order valence-corrected chi connectivity index (χ0v) is 13.0. The molecule has 0 saturated carbocycles. The molecule has 0 spiro atoms. The highest BCUT2D eigenvalue weighted by atomic mass is 32.1. The third-order valence-electron chi connectivity index (χ3n) is 3.92. The van der Waals surface area contributed by atoms with E-state index >= 15 is 0 Å². The Kier molecular flexibility index (Phi) is 3.09. The maximum Gasteiger partial charge on any atom is 0.242 e. The van der Waals surface area contributed by atoms with Crippen LogP contribution in [0.15, 0.2) is 12.7 Å². The van der Waals surface area contributed by atoms with Gasteiger partial charge in [0.05, 0.1) is 12.4 Å². The molecule has 2 fully saturated rings. The van der Waals surface area contributed by atoms with Crippen LogP contribution in [-0.2, 0) is 14.2 Å². The molecule has 2 aromatic heterocycles. The first-order chi connectivity index (χ1) is 10.5. The van der Waals surface area contributed by atoms with Gasteiger partial charge in [0.1, 0.15) is 18.5 Å². The first-order valence-corrected chi connectivity index (χ1v) is 7.62. The second kappa shape index (κ2) is 4.79. The first-order valence-electron chi connectivity index (χ1n) is 6.98. The minimum absolute atomic E-state index is 0.159. The van der Waals surface area contributed by atoms with E-state index in [0.29, 0.717) is 16.9 Å². The third-order valence-corrected chi connectivity index (χ3v) is 4.28. The SMILES string of the molecule is CC1(C)O[C@@H]2[C@H](O1)[C@@H](CS)O[C@H]2n1cnc2c(O)ncnc21. The van der Waals surface area contributed by atoms with E-state index in [-0.39, 0.29) is 24.2 Å². The highest BCUT2D eigenvalue weighted by Crippen LogP contribution is 2.44. The van der Waals surface area contributed by atoms with Crippen LogP contribution in [0.2, 0.25) is 0 Å². The number of imidazole rings is 1. The van der Waals surface area contributed by atoms with Crippen LogP contribution >= 0.6 is 12.6 Å². The average molecular weight is 324 g/mol. The summed E-state index contributed by atoms with van der Waals surface area (Å²) >= 11 is 4.33. The number of hydrogen-bond acceptors (Lipinski definition) is 8. The predicted molar refractivity (Wildman–Crippen MR) is 78.6 cm³/mol. The summed E-state index contributed by atoms with van der Waals surface area (Å²) in [5.41, 5.74) is 0.819. The highest BCUT2D eigenvalue weighted by Gasteiger charge is 2.55. The molecule has 0 aliphatic carbocycles. The molecule has 0 bridgehead atoms. The average Bonchev–Trinajstić information content (AvgIpc) is 3.10. The number of hydrogen-bond donors (Lipinski definition) is 2. The van der Waals surface area contributed by atoms with Crippen molar-refractivity contribution >= 4 is 23.8 Å². The van der Waals surface area contributed by atoms with Gasteiger partial charge in [-0.05, 0) is 13.8 Å². The number of aromatic hydroxyl groups is 1.